The molecule has 4 rings (SSSR count). The number of aryl methyl sites for hydroxylation is 1. The first-order valence-corrected chi connectivity index (χ1v) is 10.6. The van der Waals surface area contributed by atoms with Crippen molar-refractivity contribution in [2.75, 3.05) is 33.9 Å². The van der Waals surface area contributed by atoms with Gasteiger partial charge < -0.3 is 14.0 Å². The quantitative estimate of drug-likeness (QED) is 0.691. The molecule has 2 fully saturated rings. The van der Waals surface area contributed by atoms with Crippen LogP contribution in [0.5, 0.6) is 5.75 Å². The Morgan fingerprint density at radius 2 is 1.93 bits per heavy atom. The molecule has 1 aromatic carbocycles. The van der Waals surface area contributed by atoms with E-state index in [9.17, 15) is 4.79 Å². The van der Waals surface area contributed by atoms with Crippen molar-refractivity contribution in [1.82, 2.24) is 9.47 Å². The Morgan fingerprint density at radius 3 is 2.47 bits per heavy atom. The third-order valence-electron chi connectivity index (χ3n) is 6.21. The molecule has 1 aliphatic heterocycles. The zero-order chi connectivity index (χ0) is 21.3. The summed E-state index contributed by atoms with van der Waals surface area (Å²) in [5.74, 6) is 7.73. The number of benzene rings is 1. The maximum Gasteiger partial charge on any atom is 0.254 e. The van der Waals surface area contributed by atoms with E-state index in [4.69, 9.17) is 9.47 Å². The number of hydrogen-bond donors (Lipinski definition) is 0. The van der Waals surface area contributed by atoms with Gasteiger partial charge in [-0.3, -0.25) is 9.69 Å². The summed E-state index contributed by atoms with van der Waals surface area (Å²) in [6.07, 6.45) is 2.46. The maximum absolute atomic E-state index is 12.9. The molecule has 0 unspecified atom stereocenters. The Kier molecular flexibility index (Phi) is 5.73. The van der Waals surface area contributed by atoms with Crippen molar-refractivity contribution >= 4 is 0 Å². The Morgan fingerprint density at radius 1 is 1.23 bits per heavy atom. The molecule has 0 N–H and O–H groups in total. The van der Waals surface area contributed by atoms with E-state index < -0.39 is 0 Å². The second-order valence-corrected chi connectivity index (χ2v) is 8.78. The fraction of sp³-hybridized carbons (Fsp3) is 0.480. The van der Waals surface area contributed by atoms with Crippen molar-refractivity contribution in [3.8, 4) is 17.6 Å². The first-order valence-electron chi connectivity index (χ1n) is 10.6. The molecule has 30 heavy (non-hydrogen) atoms. The summed E-state index contributed by atoms with van der Waals surface area (Å²) in [5.41, 5.74) is 2.83. The molecule has 1 atom stereocenters. The summed E-state index contributed by atoms with van der Waals surface area (Å²) >= 11 is 0. The van der Waals surface area contributed by atoms with E-state index in [2.05, 4.69) is 28.9 Å². The van der Waals surface area contributed by atoms with Gasteiger partial charge in [0.1, 0.15) is 17.9 Å². The van der Waals surface area contributed by atoms with Crippen LogP contribution in [-0.4, -0.2) is 48.9 Å². The Balaban J connectivity index is 1.48. The van der Waals surface area contributed by atoms with E-state index in [0.29, 0.717) is 31.5 Å². The highest BCUT2D eigenvalue weighted by Crippen LogP contribution is 2.28. The molecule has 0 spiro atoms. The Bertz CT molecular complexity index is 1020. The second-order valence-electron chi connectivity index (χ2n) is 8.78. The number of aromatic nitrogens is 1. The van der Waals surface area contributed by atoms with E-state index in [1.165, 1.54) is 12.8 Å². The molecule has 2 aromatic rings. The zero-order valence-electron chi connectivity index (χ0n) is 18.3. The van der Waals surface area contributed by atoms with Crippen molar-refractivity contribution in [1.29, 1.82) is 0 Å². The lowest BCUT2D eigenvalue weighted by molar-refractivity contribution is -0.141. The third kappa shape index (κ3) is 4.30. The summed E-state index contributed by atoms with van der Waals surface area (Å²) in [6, 6.07) is 11.7. The van der Waals surface area contributed by atoms with Crippen molar-refractivity contribution < 1.29 is 9.47 Å². The van der Waals surface area contributed by atoms with Crippen LogP contribution in [0.1, 0.15) is 42.6 Å². The first kappa shape index (κ1) is 20.7. The van der Waals surface area contributed by atoms with Crippen LogP contribution in [0.2, 0.25) is 0 Å². The van der Waals surface area contributed by atoms with Crippen LogP contribution in [0.4, 0.5) is 0 Å². The number of hydrogen-bond acceptors (Lipinski definition) is 4. The van der Waals surface area contributed by atoms with Crippen molar-refractivity contribution in [2.45, 2.75) is 38.3 Å². The average Bonchev–Trinajstić information content (AvgIpc) is 3.49. The van der Waals surface area contributed by atoms with Crippen molar-refractivity contribution in [2.24, 2.45) is 5.92 Å². The molecule has 2 aliphatic rings. The van der Waals surface area contributed by atoms with E-state index >= 15 is 0 Å². The van der Waals surface area contributed by atoms with Gasteiger partial charge in [0, 0.05) is 23.2 Å². The molecule has 5 nitrogen and oxygen atoms in total. The van der Waals surface area contributed by atoms with Crippen LogP contribution < -0.4 is 10.3 Å². The van der Waals surface area contributed by atoms with Crippen LogP contribution in [0, 0.1) is 24.7 Å². The summed E-state index contributed by atoms with van der Waals surface area (Å²) in [6.45, 7) is 5.80. The van der Waals surface area contributed by atoms with Gasteiger partial charge in [0.25, 0.3) is 5.56 Å². The van der Waals surface area contributed by atoms with Gasteiger partial charge in [0.2, 0.25) is 0 Å². The summed E-state index contributed by atoms with van der Waals surface area (Å²) in [7, 11) is 4.05. The number of ether oxygens (including phenoxy) is 2. The first-order chi connectivity index (χ1) is 14.4. The predicted molar refractivity (Wildman–Crippen MR) is 118 cm³/mol. The summed E-state index contributed by atoms with van der Waals surface area (Å²) in [4.78, 5) is 15.0. The van der Waals surface area contributed by atoms with Gasteiger partial charge in [-0.05, 0) is 64.5 Å². The molecule has 1 aliphatic carbocycles. The fourth-order valence-corrected chi connectivity index (χ4v) is 3.69. The number of pyridine rings is 1. The van der Waals surface area contributed by atoms with Crippen molar-refractivity contribution in [3.63, 3.8) is 0 Å². The summed E-state index contributed by atoms with van der Waals surface area (Å²) in [5, 5.41) is 0. The van der Waals surface area contributed by atoms with Crippen LogP contribution in [0.3, 0.4) is 0 Å². The molecule has 158 valence electrons. The van der Waals surface area contributed by atoms with E-state index in [-0.39, 0.29) is 17.1 Å². The molecular formula is C25H30N2O3. The minimum Gasteiger partial charge on any atom is -0.491 e. The second kappa shape index (κ2) is 8.29. The maximum atomic E-state index is 12.9. The number of nitrogens with zero attached hydrogens (tertiary/aromatic N) is 2. The van der Waals surface area contributed by atoms with Crippen LogP contribution in [0.25, 0.3) is 0 Å². The van der Waals surface area contributed by atoms with Gasteiger partial charge in [-0.2, -0.15) is 0 Å². The lowest BCUT2D eigenvalue weighted by atomic mass is 9.97. The standard InChI is InChI=1S/C25H30N2O3/c1-18-13-23(30-17-25(26(3)4)15-29-16-25)14-24(28)27(18)19(2)22-11-9-21(10-12-22)8-7-20-5-6-20/h9-14,19-20H,5-6,15-17H2,1-4H3/t19-/m1/s1. The van der Waals surface area contributed by atoms with E-state index in [1.807, 2.05) is 50.7 Å². The van der Waals surface area contributed by atoms with Gasteiger partial charge in [-0.25, -0.2) is 0 Å². The molecule has 0 amide bonds. The highest BCUT2D eigenvalue weighted by Gasteiger charge is 2.41. The lowest BCUT2D eigenvalue weighted by Gasteiger charge is -2.45. The topological polar surface area (TPSA) is 43.7 Å². The average molecular weight is 407 g/mol. The highest BCUT2D eigenvalue weighted by atomic mass is 16.5. The van der Waals surface area contributed by atoms with Crippen LogP contribution in [-0.2, 0) is 4.74 Å². The lowest BCUT2D eigenvalue weighted by Crippen LogP contribution is -2.63. The predicted octanol–water partition coefficient (Wildman–Crippen LogP) is 3.24. The molecule has 5 heteroatoms. The minimum absolute atomic E-state index is 0.0566. The van der Waals surface area contributed by atoms with Crippen LogP contribution in [0.15, 0.2) is 41.2 Å². The van der Waals surface area contributed by atoms with E-state index in [1.54, 1.807) is 6.07 Å². The summed E-state index contributed by atoms with van der Waals surface area (Å²) < 4.78 is 13.2. The van der Waals surface area contributed by atoms with E-state index in [0.717, 1.165) is 16.8 Å². The molecule has 0 bridgehead atoms. The van der Waals surface area contributed by atoms with Crippen LogP contribution >= 0.6 is 0 Å². The highest BCUT2D eigenvalue weighted by molar-refractivity contribution is 5.38. The molecule has 1 aromatic heterocycles. The molecule has 1 saturated carbocycles. The van der Waals surface area contributed by atoms with Gasteiger partial charge in [0.15, 0.2) is 0 Å². The minimum atomic E-state index is -0.111. The molecule has 2 heterocycles. The Labute approximate surface area is 178 Å². The Hall–Kier alpha value is -2.55. The van der Waals surface area contributed by atoms with Gasteiger partial charge in [-0.1, -0.05) is 24.0 Å². The monoisotopic (exact) mass is 406 g/mol. The van der Waals surface area contributed by atoms with Crippen molar-refractivity contribution in [3.05, 3.63) is 63.6 Å². The number of rotatable bonds is 6. The smallest absolute Gasteiger partial charge is 0.254 e. The van der Waals surface area contributed by atoms with Gasteiger partial charge in [-0.15, -0.1) is 0 Å². The normalized spacial score (nSPS) is 18.3. The molecule has 1 saturated heterocycles. The van der Waals surface area contributed by atoms with Gasteiger partial charge >= 0.3 is 0 Å². The SMILES string of the molecule is Cc1cc(OCC2(N(C)C)COC2)cc(=O)n1[C@H](C)c1ccc(C#CC2CC2)cc1. The molecule has 0 radical (unpaired) electrons. The fourth-order valence-electron chi connectivity index (χ4n) is 3.69. The number of likely N-dealkylation sites (N-methyl/N-ethyl adjacent to an activating group) is 1. The third-order valence-corrected chi connectivity index (χ3v) is 6.21. The zero-order valence-corrected chi connectivity index (χ0v) is 18.3. The molecular weight excluding hydrogens is 376 g/mol. The largest absolute Gasteiger partial charge is 0.491 e. The van der Waals surface area contributed by atoms with Gasteiger partial charge in [0.05, 0.1) is 19.3 Å².